The van der Waals surface area contributed by atoms with Gasteiger partial charge in [0, 0.05) is 25.8 Å². The highest BCUT2D eigenvalue weighted by atomic mass is 16.5. The summed E-state index contributed by atoms with van der Waals surface area (Å²) in [6.45, 7) is 3.22. The number of fused-ring (bicyclic) bond motifs is 1. The summed E-state index contributed by atoms with van der Waals surface area (Å²) in [5.74, 6) is 2.64. The molecule has 7 heteroatoms. The van der Waals surface area contributed by atoms with Crippen LogP contribution in [-0.2, 0) is 16.0 Å². The van der Waals surface area contributed by atoms with E-state index in [1.165, 1.54) is 38.5 Å². The fourth-order valence-electron chi connectivity index (χ4n) is 7.28. The first-order valence-corrected chi connectivity index (χ1v) is 12.2. The van der Waals surface area contributed by atoms with E-state index in [-0.39, 0.29) is 18.2 Å². The van der Waals surface area contributed by atoms with E-state index in [1.54, 1.807) is 0 Å². The second kappa shape index (κ2) is 7.87. The van der Waals surface area contributed by atoms with Gasteiger partial charge in [0.05, 0.1) is 25.3 Å². The molecule has 0 aromatic carbocycles. The average Bonchev–Trinajstić information content (AvgIpc) is 3.19. The van der Waals surface area contributed by atoms with Crippen molar-refractivity contribution in [3.63, 3.8) is 0 Å². The van der Waals surface area contributed by atoms with Crippen molar-refractivity contribution >= 4 is 17.5 Å². The Balaban J connectivity index is 1.16. The number of morpholine rings is 1. The molecule has 4 saturated carbocycles. The van der Waals surface area contributed by atoms with Gasteiger partial charge < -0.3 is 15.0 Å². The second-order valence-corrected chi connectivity index (χ2v) is 10.6. The molecule has 2 amide bonds. The zero-order valence-corrected chi connectivity index (χ0v) is 18.6. The molecular formula is C25H32N4O3. The van der Waals surface area contributed by atoms with Crippen molar-refractivity contribution in [2.24, 2.45) is 23.2 Å². The van der Waals surface area contributed by atoms with E-state index < -0.39 is 0 Å². The lowest BCUT2D eigenvalue weighted by molar-refractivity contribution is -0.134. The molecule has 1 saturated heterocycles. The Labute approximate surface area is 188 Å². The number of amides is 2. The molecule has 7 nitrogen and oxygen atoms in total. The van der Waals surface area contributed by atoms with Crippen molar-refractivity contribution in [2.75, 3.05) is 32.8 Å². The van der Waals surface area contributed by atoms with E-state index in [0.29, 0.717) is 48.8 Å². The third-order valence-corrected chi connectivity index (χ3v) is 8.26. The Morgan fingerprint density at radius 1 is 1.06 bits per heavy atom. The number of imidazole rings is 1. The first-order chi connectivity index (χ1) is 15.6. The molecule has 170 valence electrons. The zero-order valence-electron chi connectivity index (χ0n) is 18.6. The molecule has 5 aliphatic rings. The number of carbonyl (C=O) groups is 2. The normalized spacial score (nSPS) is 31.2. The number of rotatable bonds is 5. The lowest BCUT2D eigenvalue weighted by Gasteiger charge is -2.56. The van der Waals surface area contributed by atoms with Crippen LogP contribution in [-0.4, -0.2) is 58.9 Å². The lowest BCUT2D eigenvalue weighted by atomic mass is 9.49. The van der Waals surface area contributed by atoms with Gasteiger partial charge in [0.25, 0.3) is 5.91 Å². The van der Waals surface area contributed by atoms with Crippen LogP contribution in [0.3, 0.4) is 0 Å². The van der Waals surface area contributed by atoms with Gasteiger partial charge in [0.15, 0.2) is 0 Å². The highest BCUT2D eigenvalue weighted by Gasteiger charge is 2.50. The summed E-state index contributed by atoms with van der Waals surface area (Å²) in [5, 5.41) is 3.27. The van der Waals surface area contributed by atoms with Crippen molar-refractivity contribution in [1.82, 2.24) is 19.6 Å². The maximum absolute atomic E-state index is 13.2. The number of carbonyl (C=O) groups excluding carboxylic acids is 2. The van der Waals surface area contributed by atoms with Crippen LogP contribution in [0.2, 0.25) is 0 Å². The van der Waals surface area contributed by atoms with Crippen LogP contribution in [0.1, 0.15) is 54.7 Å². The molecule has 0 radical (unpaired) electrons. The number of aromatic nitrogens is 2. The van der Waals surface area contributed by atoms with Crippen molar-refractivity contribution in [3.05, 3.63) is 35.8 Å². The first kappa shape index (κ1) is 20.2. The zero-order chi connectivity index (χ0) is 21.7. The molecule has 1 N–H and O–H groups in total. The van der Waals surface area contributed by atoms with E-state index >= 15 is 0 Å². The van der Waals surface area contributed by atoms with E-state index in [0.717, 1.165) is 24.3 Å². The van der Waals surface area contributed by atoms with E-state index in [4.69, 9.17) is 4.74 Å². The molecule has 0 unspecified atom stereocenters. The van der Waals surface area contributed by atoms with Gasteiger partial charge in [-0.25, -0.2) is 4.98 Å². The average molecular weight is 437 g/mol. The van der Waals surface area contributed by atoms with Gasteiger partial charge in [-0.3, -0.25) is 14.0 Å². The Morgan fingerprint density at radius 3 is 2.44 bits per heavy atom. The molecule has 2 aromatic rings. The standard InChI is InChI=1S/C25H32N4O3/c30-23(28-4-6-32-7-5-28)11-20-15-29-21(2-1-3-22(29)27-20)24(31)26-16-25-12-17-8-18(13-25)10-19(9-17)14-25/h1-3,15,17-19H,4-14,16H2,(H,26,31). The van der Waals surface area contributed by atoms with E-state index in [2.05, 4.69) is 10.3 Å². The van der Waals surface area contributed by atoms with E-state index in [1.807, 2.05) is 33.7 Å². The molecule has 5 fully saturated rings. The number of nitrogens with zero attached hydrogens (tertiary/aromatic N) is 3. The topological polar surface area (TPSA) is 75.9 Å². The minimum Gasteiger partial charge on any atom is -0.378 e. The van der Waals surface area contributed by atoms with E-state index in [9.17, 15) is 9.59 Å². The summed E-state index contributed by atoms with van der Waals surface area (Å²) in [7, 11) is 0. The Bertz CT molecular complexity index is 1000. The van der Waals surface area contributed by atoms with Crippen LogP contribution in [0.5, 0.6) is 0 Å². The maximum atomic E-state index is 13.2. The summed E-state index contributed by atoms with van der Waals surface area (Å²) in [5.41, 5.74) is 2.30. The molecule has 4 bridgehead atoms. The number of ether oxygens (including phenoxy) is 1. The third kappa shape index (κ3) is 3.70. The SMILES string of the molecule is O=C(NCC12CC3CC(CC(C3)C1)C2)c1cccc2nc(CC(=O)N3CCOCC3)cn12. The van der Waals surface area contributed by atoms with Crippen LogP contribution in [0.15, 0.2) is 24.4 Å². The summed E-state index contributed by atoms with van der Waals surface area (Å²) in [6.07, 6.45) is 10.2. The van der Waals surface area contributed by atoms with Crippen molar-refractivity contribution in [2.45, 2.75) is 44.9 Å². The third-order valence-electron chi connectivity index (χ3n) is 8.26. The monoisotopic (exact) mass is 436 g/mol. The first-order valence-electron chi connectivity index (χ1n) is 12.2. The summed E-state index contributed by atoms with van der Waals surface area (Å²) < 4.78 is 7.16. The minimum absolute atomic E-state index is 0.0465. The van der Waals surface area contributed by atoms with Crippen LogP contribution in [0, 0.1) is 23.2 Å². The van der Waals surface area contributed by atoms with Crippen molar-refractivity contribution in [3.8, 4) is 0 Å². The van der Waals surface area contributed by atoms with Gasteiger partial charge in [-0.15, -0.1) is 0 Å². The maximum Gasteiger partial charge on any atom is 0.268 e. The largest absolute Gasteiger partial charge is 0.378 e. The minimum atomic E-state index is -0.0465. The number of pyridine rings is 1. The fourth-order valence-corrected chi connectivity index (χ4v) is 7.28. The Hall–Kier alpha value is -2.41. The Morgan fingerprint density at radius 2 is 1.75 bits per heavy atom. The van der Waals surface area contributed by atoms with Crippen LogP contribution < -0.4 is 5.32 Å². The van der Waals surface area contributed by atoms with Crippen molar-refractivity contribution < 1.29 is 14.3 Å². The summed E-state index contributed by atoms with van der Waals surface area (Å²) in [6, 6.07) is 5.60. The van der Waals surface area contributed by atoms with Gasteiger partial charge in [-0.2, -0.15) is 0 Å². The molecule has 0 atom stereocenters. The Kier molecular flexibility index (Phi) is 4.97. The van der Waals surface area contributed by atoms with Crippen LogP contribution in [0.25, 0.3) is 5.65 Å². The molecular weight excluding hydrogens is 404 g/mol. The van der Waals surface area contributed by atoms with Crippen LogP contribution >= 0.6 is 0 Å². The number of nitrogens with one attached hydrogen (secondary N) is 1. The molecule has 7 rings (SSSR count). The predicted octanol–water partition coefficient (Wildman–Crippen LogP) is 2.68. The summed E-state index contributed by atoms with van der Waals surface area (Å²) in [4.78, 5) is 32.2. The number of hydrogen-bond donors (Lipinski definition) is 1. The van der Waals surface area contributed by atoms with Crippen molar-refractivity contribution in [1.29, 1.82) is 0 Å². The molecule has 4 aliphatic carbocycles. The van der Waals surface area contributed by atoms with Gasteiger partial charge in [0.1, 0.15) is 11.3 Å². The molecule has 3 heterocycles. The van der Waals surface area contributed by atoms with Crippen LogP contribution in [0.4, 0.5) is 0 Å². The molecule has 1 aliphatic heterocycles. The van der Waals surface area contributed by atoms with Gasteiger partial charge in [-0.05, 0) is 73.8 Å². The van der Waals surface area contributed by atoms with Gasteiger partial charge in [-0.1, -0.05) is 6.07 Å². The van der Waals surface area contributed by atoms with Gasteiger partial charge >= 0.3 is 0 Å². The fraction of sp³-hybridized carbons (Fsp3) is 0.640. The smallest absolute Gasteiger partial charge is 0.268 e. The lowest BCUT2D eigenvalue weighted by Crippen LogP contribution is -2.51. The summed E-state index contributed by atoms with van der Waals surface area (Å²) >= 11 is 0. The quantitative estimate of drug-likeness (QED) is 0.782. The number of hydrogen-bond acceptors (Lipinski definition) is 4. The highest BCUT2D eigenvalue weighted by molar-refractivity contribution is 5.93. The predicted molar refractivity (Wildman–Crippen MR) is 119 cm³/mol. The molecule has 32 heavy (non-hydrogen) atoms. The highest BCUT2D eigenvalue weighted by Crippen LogP contribution is 2.59. The molecule has 2 aromatic heterocycles. The van der Waals surface area contributed by atoms with Gasteiger partial charge in [0.2, 0.25) is 5.91 Å². The molecule has 0 spiro atoms. The second-order valence-electron chi connectivity index (χ2n) is 10.6.